The fraction of sp³-hybridized carbons (Fsp3) is 0.333. The first-order valence-electron chi connectivity index (χ1n) is 4.79. The van der Waals surface area contributed by atoms with Crippen molar-refractivity contribution in [2.45, 2.75) is 12.8 Å². The standard InChI is InChI=1S/C9H9N5O/c15-9(5-1-2-5)14-8-6-7(11-3-10-6)12-4-13-8/h3-5H,1-2H2,(H2,10,11,12,13,14,15). The Morgan fingerprint density at radius 3 is 3.07 bits per heavy atom. The van der Waals surface area contributed by atoms with Gasteiger partial charge in [0.25, 0.3) is 0 Å². The van der Waals surface area contributed by atoms with Crippen LogP contribution in [0.3, 0.4) is 0 Å². The van der Waals surface area contributed by atoms with E-state index in [9.17, 15) is 4.79 Å². The Bertz CT molecular complexity index is 516. The lowest BCUT2D eigenvalue weighted by Crippen LogP contribution is -2.14. The summed E-state index contributed by atoms with van der Waals surface area (Å²) < 4.78 is 0. The highest BCUT2D eigenvalue weighted by atomic mass is 16.2. The lowest BCUT2D eigenvalue weighted by molar-refractivity contribution is -0.117. The van der Waals surface area contributed by atoms with Crippen molar-refractivity contribution in [3.8, 4) is 0 Å². The van der Waals surface area contributed by atoms with Crippen LogP contribution in [0.25, 0.3) is 11.2 Å². The van der Waals surface area contributed by atoms with E-state index < -0.39 is 0 Å². The minimum absolute atomic E-state index is 0.0320. The van der Waals surface area contributed by atoms with Crippen molar-refractivity contribution in [1.82, 2.24) is 19.9 Å². The van der Waals surface area contributed by atoms with Crippen LogP contribution in [0, 0.1) is 5.92 Å². The van der Waals surface area contributed by atoms with Gasteiger partial charge in [-0.25, -0.2) is 15.0 Å². The molecular weight excluding hydrogens is 194 g/mol. The van der Waals surface area contributed by atoms with E-state index in [1.807, 2.05) is 0 Å². The van der Waals surface area contributed by atoms with Gasteiger partial charge in [-0.3, -0.25) is 4.79 Å². The number of nitrogens with zero attached hydrogens (tertiary/aromatic N) is 3. The number of carbonyl (C=O) groups excluding carboxylic acids is 1. The SMILES string of the molecule is O=C(Nc1ncnc2nc[nH]c12)C1CC1. The predicted octanol–water partition coefficient (Wildman–Crippen LogP) is 0.701. The largest absolute Gasteiger partial charge is 0.340 e. The Labute approximate surface area is 85.1 Å². The van der Waals surface area contributed by atoms with Crippen LogP contribution in [0.1, 0.15) is 12.8 Å². The van der Waals surface area contributed by atoms with Crippen molar-refractivity contribution in [2.24, 2.45) is 5.92 Å². The molecule has 0 saturated heterocycles. The van der Waals surface area contributed by atoms with Gasteiger partial charge in [0.15, 0.2) is 11.5 Å². The minimum atomic E-state index is 0.0320. The van der Waals surface area contributed by atoms with Crippen molar-refractivity contribution < 1.29 is 4.79 Å². The summed E-state index contributed by atoms with van der Waals surface area (Å²) in [5.41, 5.74) is 1.24. The highest BCUT2D eigenvalue weighted by Crippen LogP contribution is 2.30. The smallest absolute Gasteiger partial charge is 0.228 e. The Balaban J connectivity index is 1.95. The monoisotopic (exact) mass is 203 g/mol. The molecule has 0 radical (unpaired) electrons. The van der Waals surface area contributed by atoms with Crippen LogP contribution in [0.15, 0.2) is 12.7 Å². The number of hydrogen-bond donors (Lipinski definition) is 2. The molecule has 6 heteroatoms. The molecule has 2 heterocycles. The summed E-state index contributed by atoms with van der Waals surface area (Å²) in [7, 11) is 0. The first-order valence-corrected chi connectivity index (χ1v) is 4.79. The molecule has 1 aliphatic rings. The quantitative estimate of drug-likeness (QED) is 0.752. The van der Waals surface area contributed by atoms with Crippen molar-refractivity contribution in [1.29, 1.82) is 0 Å². The first kappa shape index (κ1) is 8.34. The van der Waals surface area contributed by atoms with Crippen LogP contribution in [-0.4, -0.2) is 25.8 Å². The Hall–Kier alpha value is -1.98. The maximum absolute atomic E-state index is 11.5. The van der Waals surface area contributed by atoms with Gasteiger partial charge in [-0.05, 0) is 12.8 Å². The fourth-order valence-electron chi connectivity index (χ4n) is 1.42. The zero-order valence-corrected chi connectivity index (χ0v) is 7.90. The molecule has 1 saturated carbocycles. The number of fused-ring (bicyclic) bond motifs is 1. The van der Waals surface area contributed by atoms with E-state index in [0.29, 0.717) is 17.0 Å². The summed E-state index contributed by atoms with van der Waals surface area (Å²) in [6.45, 7) is 0. The summed E-state index contributed by atoms with van der Waals surface area (Å²) in [4.78, 5) is 26.4. The maximum Gasteiger partial charge on any atom is 0.228 e. The maximum atomic E-state index is 11.5. The number of anilines is 1. The Kier molecular flexibility index (Phi) is 1.67. The number of aromatic amines is 1. The number of nitrogens with one attached hydrogen (secondary N) is 2. The van der Waals surface area contributed by atoms with Gasteiger partial charge in [0, 0.05) is 5.92 Å². The highest BCUT2D eigenvalue weighted by molar-refractivity contribution is 5.98. The van der Waals surface area contributed by atoms with Crippen molar-refractivity contribution in [2.75, 3.05) is 5.32 Å². The molecule has 6 nitrogen and oxygen atoms in total. The molecule has 0 unspecified atom stereocenters. The number of H-pyrrole nitrogens is 1. The third kappa shape index (κ3) is 1.43. The molecule has 0 aromatic carbocycles. The number of carbonyl (C=O) groups is 1. The first-order chi connectivity index (χ1) is 7.34. The highest BCUT2D eigenvalue weighted by Gasteiger charge is 2.30. The van der Waals surface area contributed by atoms with Gasteiger partial charge in [-0.2, -0.15) is 0 Å². The van der Waals surface area contributed by atoms with Gasteiger partial charge in [0.1, 0.15) is 11.8 Å². The molecule has 0 atom stereocenters. The van der Waals surface area contributed by atoms with Gasteiger partial charge in [-0.1, -0.05) is 0 Å². The van der Waals surface area contributed by atoms with Crippen LogP contribution in [-0.2, 0) is 4.79 Å². The number of hydrogen-bond acceptors (Lipinski definition) is 4. The second-order valence-electron chi connectivity index (χ2n) is 3.59. The van der Waals surface area contributed by atoms with Gasteiger partial charge in [0.2, 0.25) is 5.91 Å². The Morgan fingerprint density at radius 1 is 1.40 bits per heavy atom. The molecule has 0 aliphatic heterocycles. The number of amides is 1. The minimum Gasteiger partial charge on any atom is -0.340 e. The summed E-state index contributed by atoms with van der Waals surface area (Å²) >= 11 is 0. The van der Waals surface area contributed by atoms with Crippen LogP contribution in [0.2, 0.25) is 0 Å². The van der Waals surface area contributed by atoms with E-state index in [1.54, 1.807) is 0 Å². The summed E-state index contributed by atoms with van der Waals surface area (Å²) in [6.07, 6.45) is 4.88. The lowest BCUT2D eigenvalue weighted by atomic mass is 10.4. The second-order valence-corrected chi connectivity index (χ2v) is 3.59. The number of rotatable bonds is 2. The second kappa shape index (κ2) is 3.01. The van der Waals surface area contributed by atoms with Gasteiger partial charge < -0.3 is 10.3 Å². The molecule has 1 amide bonds. The predicted molar refractivity (Wildman–Crippen MR) is 53.0 cm³/mol. The topological polar surface area (TPSA) is 83.6 Å². The van der Waals surface area contributed by atoms with Crippen LogP contribution < -0.4 is 5.32 Å². The molecule has 15 heavy (non-hydrogen) atoms. The van der Waals surface area contributed by atoms with Crippen molar-refractivity contribution in [3.63, 3.8) is 0 Å². The van der Waals surface area contributed by atoms with Gasteiger partial charge in [0.05, 0.1) is 6.33 Å². The van der Waals surface area contributed by atoms with Gasteiger partial charge >= 0.3 is 0 Å². The molecule has 1 fully saturated rings. The molecule has 2 aromatic rings. The number of aromatic nitrogens is 4. The normalized spacial score (nSPS) is 15.5. The zero-order chi connectivity index (χ0) is 10.3. The molecule has 2 N–H and O–H groups in total. The van der Waals surface area contributed by atoms with Crippen LogP contribution in [0.5, 0.6) is 0 Å². The van der Waals surface area contributed by atoms with E-state index in [4.69, 9.17) is 0 Å². The third-order valence-corrected chi connectivity index (χ3v) is 2.41. The van der Waals surface area contributed by atoms with Gasteiger partial charge in [-0.15, -0.1) is 0 Å². The fourth-order valence-corrected chi connectivity index (χ4v) is 1.42. The number of imidazole rings is 1. The van der Waals surface area contributed by atoms with E-state index >= 15 is 0 Å². The van der Waals surface area contributed by atoms with E-state index in [-0.39, 0.29) is 11.8 Å². The lowest BCUT2D eigenvalue weighted by Gasteiger charge is -2.02. The average molecular weight is 203 g/mol. The molecule has 2 aromatic heterocycles. The molecule has 3 rings (SSSR count). The Morgan fingerprint density at radius 2 is 2.27 bits per heavy atom. The average Bonchev–Trinajstić information content (AvgIpc) is 2.97. The van der Waals surface area contributed by atoms with Crippen molar-refractivity contribution in [3.05, 3.63) is 12.7 Å². The van der Waals surface area contributed by atoms with Crippen molar-refractivity contribution >= 4 is 22.9 Å². The zero-order valence-electron chi connectivity index (χ0n) is 7.90. The summed E-state index contributed by atoms with van der Waals surface area (Å²) in [5, 5.41) is 2.77. The molecular formula is C9H9N5O. The van der Waals surface area contributed by atoms with E-state index in [1.165, 1.54) is 12.7 Å². The molecule has 76 valence electrons. The third-order valence-electron chi connectivity index (χ3n) is 2.41. The molecule has 0 bridgehead atoms. The summed E-state index contributed by atoms with van der Waals surface area (Å²) in [5.74, 6) is 0.705. The summed E-state index contributed by atoms with van der Waals surface area (Å²) in [6, 6.07) is 0. The van der Waals surface area contributed by atoms with E-state index in [0.717, 1.165) is 12.8 Å². The van der Waals surface area contributed by atoms with E-state index in [2.05, 4.69) is 25.3 Å². The van der Waals surface area contributed by atoms with Crippen LogP contribution in [0.4, 0.5) is 5.82 Å². The van der Waals surface area contributed by atoms with Crippen LogP contribution >= 0.6 is 0 Å². The molecule has 1 aliphatic carbocycles. The molecule has 0 spiro atoms.